The molecule has 0 bridgehead atoms. The van der Waals surface area contributed by atoms with E-state index < -0.39 is 5.97 Å². The highest BCUT2D eigenvalue weighted by Crippen LogP contribution is 2.05. The van der Waals surface area contributed by atoms with Crippen LogP contribution in [0.4, 0.5) is 0 Å². The smallest absolute Gasteiger partial charge is 0.347 e. The van der Waals surface area contributed by atoms with Crippen LogP contribution in [0.3, 0.4) is 0 Å². The van der Waals surface area contributed by atoms with E-state index in [1.807, 2.05) is 0 Å². The molecule has 0 aliphatic heterocycles. The van der Waals surface area contributed by atoms with Crippen molar-refractivity contribution in [2.75, 3.05) is 0 Å². The first-order valence-corrected chi connectivity index (χ1v) is 3.95. The summed E-state index contributed by atoms with van der Waals surface area (Å²) in [6, 6.07) is 3.24. The summed E-state index contributed by atoms with van der Waals surface area (Å²) in [5.41, 5.74) is 0.505. The highest BCUT2D eigenvalue weighted by Gasteiger charge is 2.08. The molecule has 0 amide bonds. The summed E-state index contributed by atoms with van der Waals surface area (Å²) in [6.45, 7) is 0. The van der Waals surface area contributed by atoms with Crippen molar-refractivity contribution in [2.24, 2.45) is 0 Å². The molecule has 2 aromatic rings. The maximum absolute atomic E-state index is 11.1. The number of hydrogen-bond acceptors (Lipinski definition) is 3. The molecular weight excluding hydrogens is 186 g/mol. The maximum atomic E-state index is 11.1. The monoisotopic (exact) mass is 193 g/mol. The van der Waals surface area contributed by atoms with Crippen molar-refractivity contribution in [2.45, 2.75) is 6.42 Å². The first-order valence-electron chi connectivity index (χ1n) is 3.95. The zero-order chi connectivity index (χ0) is 10.1. The normalized spacial score (nSPS) is 10.6. The molecule has 0 aliphatic carbocycles. The molecule has 72 valence electrons. The van der Waals surface area contributed by atoms with Gasteiger partial charge in [-0.2, -0.15) is 5.10 Å². The van der Waals surface area contributed by atoms with Crippen molar-refractivity contribution in [3.63, 3.8) is 0 Å². The average Bonchev–Trinajstić information content (AvgIpc) is 2.49. The molecule has 0 spiro atoms. The van der Waals surface area contributed by atoms with Gasteiger partial charge in [-0.15, -0.1) is 0 Å². The van der Waals surface area contributed by atoms with Gasteiger partial charge in [-0.25, -0.2) is 9.89 Å². The van der Waals surface area contributed by atoms with Crippen LogP contribution in [-0.2, 0) is 11.2 Å². The van der Waals surface area contributed by atoms with Gasteiger partial charge in [0.2, 0.25) is 0 Å². The quantitative estimate of drug-likeness (QED) is 0.682. The Morgan fingerprint density at radius 3 is 3.14 bits per heavy atom. The first-order chi connectivity index (χ1) is 6.68. The summed E-state index contributed by atoms with van der Waals surface area (Å²) < 4.78 is 1.28. The van der Waals surface area contributed by atoms with Gasteiger partial charge in [0.15, 0.2) is 5.65 Å². The minimum atomic E-state index is -0.950. The molecule has 0 fully saturated rings. The Hall–Kier alpha value is -2.11. The lowest BCUT2D eigenvalue weighted by atomic mass is 10.2. The second-order valence-electron chi connectivity index (χ2n) is 2.83. The summed E-state index contributed by atoms with van der Waals surface area (Å²) in [7, 11) is 0. The molecular formula is C8H7N3O3. The summed E-state index contributed by atoms with van der Waals surface area (Å²) in [5, 5.41) is 14.6. The van der Waals surface area contributed by atoms with Gasteiger partial charge in [-0.1, -0.05) is 6.07 Å². The minimum absolute atomic E-state index is 0.144. The Balaban J connectivity index is 2.65. The van der Waals surface area contributed by atoms with E-state index in [-0.39, 0.29) is 12.1 Å². The summed E-state index contributed by atoms with van der Waals surface area (Å²) in [6.07, 6.45) is 1.39. The fraction of sp³-hybridized carbons (Fsp3) is 0.125. The molecule has 6 nitrogen and oxygen atoms in total. The Morgan fingerprint density at radius 1 is 1.64 bits per heavy atom. The van der Waals surface area contributed by atoms with Gasteiger partial charge in [-0.05, 0) is 6.07 Å². The number of fused-ring (bicyclic) bond motifs is 1. The lowest BCUT2D eigenvalue weighted by Gasteiger charge is -1.97. The van der Waals surface area contributed by atoms with Crippen molar-refractivity contribution in [1.29, 1.82) is 0 Å². The number of nitrogens with one attached hydrogen (secondary N) is 1. The van der Waals surface area contributed by atoms with Gasteiger partial charge in [0, 0.05) is 11.8 Å². The second kappa shape index (κ2) is 2.99. The van der Waals surface area contributed by atoms with E-state index in [0.29, 0.717) is 11.2 Å². The van der Waals surface area contributed by atoms with E-state index in [4.69, 9.17) is 5.11 Å². The number of aliphatic carboxylic acids is 1. The number of aromatic nitrogens is 3. The Labute approximate surface area is 77.8 Å². The van der Waals surface area contributed by atoms with Crippen molar-refractivity contribution in [1.82, 2.24) is 14.6 Å². The predicted molar refractivity (Wildman–Crippen MR) is 47.2 cm³/mol. The van der Waals surface area contributed by atoms with Crippen LogP contribution in [-0.4, -0.2) is 25.7 Å². The van der Waals surface area contributed by atoms with Crippen LogP contribution in [0.2, 0.25) is 0 Å². The van der Waals surface area contributed by atoms with Gasteiger partial charge in [0.05, 0.1) is 6.42 Å². The summed E-state index contributed by atoms with van der Waals surface area (Å²) >= 11 is 0. The third-order valence-corrected chi connectivity index (χ3v) is 1.87. The third kappa shape index (κ3) is 1.26. The summed E-state index contributed by atoms with van der Waals surface area (Å²) in [5.74, 6) is -0.950. The Morgan fingerprint density at radius 2 is 2.43 bits per heavy atom. The van der Waals surface area contributed by atoms with Gasteiger partial charge in [0.1, 0.15) is 0 Å². The molecule has 2 heterocycles. The fourth-order valence-electron chi connectivity index (χ4n) is 1.29. The minimum Gasteiger partial charge on any atom is -0.481 e. The molecule has 2 N–H and O–H groups in total. The van der Waals surface area contributed by atoms with Crippen LogP contribution < -0.4 is 5.69 Å². The largest absolute Gasteiger partial charge is 0.481 e. The van der Waals surface area contributed by atoms with Crippen molar-refractivity contribution >= 4 is 11.6 Å². The number of aromatic amines is 1. The predicted octanol–water partition coefficient (Wildman–Crippen LogP) is -0.350. The number of carboxylic acid groups (broad SMARTS) is 1. The average molecular weight is 193 g/mol. The van der Waals surface area contributed by atoms with Gasteiger partial charge in [-0.3, -0.25) is 9.20 Å². The third-order valence-electron chi connectivity index (χ3n) is 1.87. The highest BCUT2D eigenvalue weighted by molar-refractivity contribution is 5.72. The molecule has 0 aliphatic rings. The van der Waals surface area contributed by atoms with E-state index in [1.165, 1.54) is 10.6 Å². The molecule has 2 rings (SSSR count). The molecule has 2 aromatic heterocycles. The molecule has 0 radical (unpaired) electrons. The molecule has 0 atom stereocenters. The van der Waals surface area contributed by atoms with Crippen LogP contribution in [0.15, 0.2) is 23.1 Å². The number of hydrogen-bond donors (Lipinski definition) is 2. The fourth-order valence-corrected chi connectivity index (χ4v) is 1.29. The molecule has 0 unspecified atom stereocenters. The van der Waals surface area contributed by atoms with Crippen LogP contribution in [0.5, 0.6) is 0 Å². The van der Waals surface area contributed by atoms with Gasteiger partial charge in [0.25, 0.3) is 0 Å². The first kappa shape index (κ1) is 8.49. The molecule has 14 heavy (non-hydrogen) atoms. The zero-order valence-electron chi connectivity index (χ0n) is 7.10. The van der Waals surface area contributed by atoms with Crippen molar-refractivity contribution < 1.29 is 9.90 Å². The van der Waals surface area contributed by atoms with E-state index in [0.717, 1.165) is 0 Å². The number of nitrogens with zero attached hydrogens (tertiary/aromatic N) is 2. The standard InChI is InChI=1S/C8H7N3O3/c12-6(13)4-5-2-1-3-11-7(5)9-10-8(11)14/h1-3H,4H2,(H,10,14)(H,12,13). The molecule has 6 heteroatoms. The SMILES string of the molecule is O=C(O)Cc1cccn2c(=O)[nH]nc12. The number of carbonyl (C=O) groups is 1. The second-order valence-corrected chi connectivity index (χ2v) is 2.83. The lowest BCUT2D eigenvalue weighted by Crippen LogP contribution is -2.10. The van der Waals surface area contributed by atoms with Crippen molar-refractivity contribution in [3.8, 4) is 0 Å². The van der Waals surface area contributed by atoms with E-state index >= 15 is 0 Å². The van der Waals surface area contributed by atoms with E-state index in [1.54, 1.807) is 12.1 Å². The number of carboxylic acids is 1. The maximum Gasteiger partial charge on any atom is 0.347 e. The zero-order valence-corrected chi connectivity index (χ0v) is 7.10. The molecule has 0 saturated carbocycles. The molecule has 0 saturated heterocycles. The van der Waals surface area contributed by atoms with Gasteiger partial charge < -0.3 is 5.11 Å². The van der Waals surface area contributed by atoms with Crippen molar-refractivity contribution in [3.05, 3.63) is 34.4 Å². The van der Waals surface area contributed by atoms with E-state index in [2.05, 4.69) is 10.2 Å². The lowest BCUT2D eigenvalue weighted by molar-refractivity contribution is -0.136. The van der Waals surface area contributed by atoms with Crippen LogP contribution in [0.25, 0.3) is 5.65 Å². The summed E-state index contributed by atoms with van der Waals surface area (Å²) in [4.78, 5) is 21.6. The van der Waals surface area contributed by atoms with Gasteiger partial charge >= 0.3 is 11.7 Å². The molecule has 0 aromatic carbocycles. The van der Waals surface area contributed by atoms with Crippen LogP contribution >= 0.6 is 0 Å². The Bertz CT molecular complexity index is 540. The Kier molecular flexibility index (Phi) is 1.81. The highest BCUT2D eigenvalue weighted by atomic mass is 16.4. The van der Waals surface area contributed by atoms with E-state index in [9.17, 15) is 9.59 Å². The van der Waals surface area contributed by atoms with Crippen LogP contribution in [0, 0.1) is 0 Å². The number of pyridine rings is 1. The van der Waals surface area contributed by atoms with Crippen LogP contribution in [0.1, 0.15) is 5.56 Å². The topological polar surface area (TPSA) is 87.5 Å². The number of rotatable bonds is 2. The number of H-pyrrole nitrogens is 1.